The summed E-state index contributed by atoms with van der Waals surface area (Å²) < 4.78 is 28.3. The van der Waals surface area contributed by atoms with Crippen molar-refractivity contribution in [3.05, 3.63) is 107 Å². The number of amides is 1. The summed E-state index contributed by atoms with van der Waals surface area (Å²) in [6.45, 7) is 5.79. The van der Waals surface area contributed by atoms with Gasteiger partial charge in [-0.2, -0.15) is 0 Å². The molecule has 0 radical (unpaired) electrons. The minimum absolute atomic E-state index is 0.151. The van der Waals surface area contributed by atoms with E-state index < -0.39 is 10.0 Å². The first-order chi connectivity index (χ1) is 16.3. The minimum Gasteiger partial charge on any atom is -0.350 e. The molecule has 0 heterocycles. The fourth-order valence-corrected chi connectivity index (χ4v) is 5.27. The number of sulfonamides is 1. The Labute approximate surface area is 201 Å². The van der Waals surface area contributed by atoms with Gasteiger partial charge in [0.25, 0.3) is 10.0 Å². The average molecular weight is 473 g/mol. The lowest BCUT2D eigenvalue weighted by atomic mass is 10.0. The molecule has 0 saturated heterocycles. The van der Waals surface area contributed by atoms with Crippen molar-refractivity contribution in [3.8, 4) is 0 Å². The molecule has 0 fully saturated rings. The summed E-state index contributed by atoms with van der Waals surface area (Å²) in [5.41, 5.74) is 4.41. The molecule has 5 nitrogen and oxygen atoms in total. The summed E-state index contributed by atoms with van der Waals surface area (Å²) in [4.78, 5) is 13.2. The quantitative estimate of drug-likeness (QED) is 0.398. The van der Waals surface area contributed by atoms with Gasteiger partial charge in [0.1, 0.15) is 6.54 Å². The van der Waals surface area contributed by atoms with Gasteiger partial charge in [-0.05, 0) is 72.5 Å². The van der Waals surface area contributed by atoms with E-state index in [-0.39, 0.29) is 17.3 Å². The molecule has 0 saturated carbocycles. The lowest BCUT2D eigenvalue weighted by molar-refractivity contribution is -0.119. The van der Waals surface area contributed by atoms with Crippen molar-refractivity contribution in [1.29, 1.82) is 0 Å². The second-order valence-corrected chi connectivity index (χ2v) is 10.4. The van der Waals surface area contributed by atoms with Crippen LogP contribution in [0.25, 0.3) is 10.8 Å². The number of rotatable bonds is 7. The van der Waals surface area contributed by atoms with Crippen LogP contribution in [0.3, 0.4) is 0 Å². The number of carbonyl (C=O) groups excluding carboxylic acids is 1. The molecule has 4 aromatic carbocycles. The Morgan fingerprint density at radius 3 is 2.26 bits per heavy atom. The monoisotopic (exact) mass is 472 g/mol. The van der Waals surface area contributed by atoms with Crippen LogP contribution < -0.4 is 9.62 Å². The van der Waals surface area contributed by atoms with Gasteiger partial charge in [-0.1, -0.05) is 66.2 Å². The Hall–Kier alpha value is -3.64. The van der Waals surface area contributed by atoms with E-state index in [9.17, 15) is 13.2 Å². The maximum atomic E-state index is 13.6. The smallest absolute Gasteiger partial charge is 0.264 e. The van der Waals surface area contributed by atoms with Crippen LogP contribution in [-0.2, 0) is 21.4 Å². The van der Waals surface area contributed by atoms with Crippen LogP contribution in [0, 0.1) is 20.8 Å². The highest BCUT2D eigenvalue weighted by Gasteiger charge is 2.27. The number of fused-ring (bicyclic) bond motifs is 1. The third-order valence-corrected chi connectivity index (χ3v) is 7.82. The molecule has 0 aliphatic carbocycles. The first-order valence-electron chi connectivity index (χ1n) is 11.2. The summed E-state index contributed by atoms with van der Waals surface area (Å²) in [6, 6.07) is 26.0. The van der Waals surface area contributed by atoms with Crippen LogP contribution in [0.15, 0.2) is 89.8 Å². The van der Waals surface area contributed by atoms with Gasteiger partial charge in [0.05, 0.1) is 10.6 Å². The molecule has 0 atom stereocenters. The van der Waals surface area contributed by atoms with E-state index in [1.807, 2.05) is 69.3 Å². The van der Waals surface area contributed by atoms with E-state index in [1.54, 1.807) is 36.4 Å². The normalized spacial score (nSPS) is 11.4. The zero-order valence-corrected chi connectivity index (χ0v) is 20.4. The van der Waals surface area contributed by atoms with Crippen LogP contribution in [0.4, 0.5) is 5.69 Å². The van der Waals surface area contributed by atoms with Crippen LogP contribution in [-0.4, -0.2) is 20.9 Å². The molecule has 0 bridgehead atoms. The molecule has 1 N–H and O–H groups in total. The van der Waals surface area contributed by atoms with Gasteiger partial charge in [0.15, 0.2) is 0 Å². The van der Waals surface area contributed by atoms with E-state index in [4.69, 9.17) is 0 Å². The number of carbonyl (C=O) groups is 1. The largest absolute Gasteiger partial charge is 0.350 e. The molecule has 34 heavy (non-hydrogen) atoms. The fourth-order valence-electron chi connectivity index (χ4n) is 3.86. The van der Waals surface area contributed by atoms with E-state index in [0.717, 1.165) is 33.0 Å². The van der Waals surface area contributed by atoms with Gasteiger partial charge in [0, 0.05) is 6.54 Å². The molecule has 1 amide bonds. The number of hydrogen-bond acceptors (Lipinski definition) is 3. The van der Waals surface area contributed by atoms with E-state index in [2.05, 4.69) is 5.32 Å². The first-order valence-corrected chi connectivity index (χ1v) is 12.6. The highest BCUT2D eigenvalue weighted by atomic mass is 32.2. The highest BCUT2D eigenvalue weighted by molar-refractivity contribution is 7.92. The maximum Gasteiger partial charge on any atom is 0.264 e. The molecule has 0 unspecified atom stereocenters. The number of benzene rings is 4. The third kappa shape index (κ3) is 4.97. The van der Waals surface area contributed by atoms with Crippen LogP contribution >= 0.6 is 0 Å². The predicted molar refractivity (Wildman–Crippen MR) is 137 cm³/mol. The topological polar surface area (TPSA) is 66.5 Å². The Kier molecular flexibility index (Phi) is 6.70. The molecular weight excluding hydrogens is 444 g/mol. The van der Waals surface area contributed by atoms with Crippen LogP contribution in [0.1, 0.15) is 22.3 Å². The van der Waals surface area contributed by atoms with Gasteiger partial charge in [-0.25, -0.2) is 8.42 Å². The lowest BCUT2D eigenvalue weighted by Crippen LogP contribution is -2.40. The predicted octanol–water partition coefficient (Wildman–Crippen LogP) is 5.28. The summed E-state index contributed by atoms with van der Waals surface area (Å²) in [7, 11) is -3.94. The number of hydrogen-bond donors (Lipinski definition) is 1. The number of anilines is 1. The molecule has 0 aromatic heterocycles. The van der Waals surface area contributed by atoms with Gasteiger partial charge in [0.2, 0.25) is 5.91 Å². The number of nitrogens with one attached hydrogen (secondary N) is 1. The molecule has 0 aliphatic rings. The zero-order chi connectivity index (χ0) is 24.3. The third-order valence-electron chi connectivity index (χ3n) is 6.03. The summed E-state index contributed by atoms with van der Waals surface area (Å²) in [6.07, 6.45) is 0. The molecule has 0 spiro atoms. The molecule has 0 aliphatic heterocycles. The van der Waals surface area contributed by atoms with E-state index >= 15 is 0 Å². The van der Waals surface area contributed by atoms with Gasteiger partial charge < -0.3 is 5.32 Å². The average Bonchev–Trinajstić information content (AvgIpc) is 2.83. The number of aryl methyl sites for hydroxylation is 3. The summed E-state index contributed by atoms with van der Waals surface area (Å²) in [5.74, 6) is -0.373. The first kappa shape index (κ1) is 23.5. The zero-order valence-electron chi connectivity index (χ0n) is 19.6. The van der Waals surface area contributed by atoms with Crippen molar-refractivity contribution >= 4 is 32.4 Å². The second kappa shape index (κ2) is 9.69. The van der Waals surface area contributed by atoms with Crippen molar-refractivity contribution in [3.63, 3.8) is 0 Å². The van der Waals surface area contributed by atoms with Crippen molar-refractivity contribution in [2.24, 2.45) is 0 Å². The van der Waals surface area contributed by atoms with Crippen LogP contribution in [0.5, 0.6) is 0 Å². The molecule has 174 valence electrons. The van der Waals surface area contributed by atoms with Gasteiger partial charge >= 0.3 is 0 Å². The maximum absolute atomic E-state index is 13.6. The van der Waals surface area contributed by atoms with Gasteiger partial charge in [-0.3, -0.25) is 9.10 Å². The number of nitrogens with zero attached hydrogens (tertiary/aromatic N) is 1. The summed E-state index contributed by atoms with van der Waals surface area (Å²) in [5, 5.41) is 5.05. The minimum atomic E-state index is -3.94. The Morgan fingerprint density at radius 2 is 1.53 bits per heavy atom. The Bertz CT molecular complexity index is 1440. The molecule has 6 heteroatoms. The van der Waals surface area contributed by atoms with Crippen LogP contribution in [0.2, 0.25) is 0 Å². The fraction of sp³-hybridized carbons (Fsp3) is 0.179. The highest BCUT2D eigenvalue weighted by Crippen LogP contribution is 2.26. The van der Waals surface area contributed by atoms with Gasteiger partial charge in [-0.15, -0.1) is 0 Å². The second-order valence-electron chi connectivity index (χ2n) is 8.51. The standard InChI is InChI=1S/C28H28N2O3S/c1-20-11-15-26(16-12-20)34(32,33)30(25-14-13-21(2)22(3)17-25)19-28(31)29-18-24-9-6-8-23-7-4-5-10-27(23)24/h4-17H,18-19H2,1-3H3,(H,29,31). The van der Waals surface area contributed by atoms with Crippen molar-refractivity contribution in [2.45, 2.75) is 32.2 Å². The summed E-state index contributed by atoms with van der Waals surface area (Å²) >= 11 is 0. The molecular formula is C28H28N2O3S. The molecule has 4 rings (SSSR count). The lowest BCUT2D eigenvalue weighted by Gasteiger charge is -2.25. The van der Waals surface area contributed by atoms with E-state index in [1.165, 1.54) is 4.31 Å². The SMILES string of the molecule is Cc1ccc(S(=O)(=O)N(CC(=O)NCc2cccc3ccccc23)c2ccc(C)c(C)c2)cc1. The Morgan fingerprint density at radius 1 is 0.824 bits per heavy atom. The van der Waals surface area contributed by atoms with Crippen molar-refractivity contribution in [2.75, 3.05) is 10.8 Å². The molecule has 4 aromatic rings. The van der Waals surface area contributed by atoms with E-state index in [0.29, 0.717) is 12.2 Å². The van der Waals surface area contributed by atoms with Crippen molar-refractivity contribution in [1.82, 2.24) is 5.32 Å². The Balaban J connectivity index is 1.61. The van der Waals surface area contributed by atoms with Crippen molar-refractivity contribution < 1.29 is 13.2 Å².